The lowest BCUT2D eigenvalue weighted by Gasteiger charge is -2.23. The molecular formula is C17H22FN3O3. The van der Waals surface area contributed by atoms with E-state index in [0.29, 0.717) is 6.04 Å². The van der Waals surface area contributed by atoms with Crippen LogP contribution in [0.2, 0.25) is 0 Å². The molecule has 0 radical (unpaired) electrons. The van der Waals surface area contributed by atoms with Crippen LogP contribution in [0.1, 0.15) is 48.0 Å². The Balaban J connectivity index is 1.66. The zero-order valence-corrected chi connectivity index (χ0v) is 13.8. The van der Waals surface area contributed by atoms with Gasteiger partial charge in [-0.05, 0) is 32.3 Å². The highest BCUT2D eigenvalue weighted by Gasteiger charge is 2.31. The van der Waals surface area contributed by atoms with Gasteiger partial charge in [-0.1, -0.05) is 12.8 Å². The Hall–Kier alpha value is -2.02. The zero-order valence-electron chi connectivity index (χ0n) is 13.8. The summed E-state index contributed by atoms with van der Waals surface area (Å²) in [6.45, 7) is 3.09. The van der Waals surface area contributed by atoms with Crippen molar-refractivity contribution >= 4 is 11.6 Å². The van der Waals surface area contributed by atoms with E-state index in [1.54, 1.807) is 0 Å². The van der Waals surface area contributed by atoms with Crippen LogP contribution in [0.5, 0.6) is 0 Å². The van der Waals surface area contributed by atoms with Crippen LogP contribution in [0, 0.1) is 22.9 Å². The molecule has 1 atom stereocenters. The van der Waals surface area contributed by atoms with E-state index in [4.69, 9.17) is 0 Å². The van der Waals surface area contributed by atoms with Crippen LogP contribution in [-0.2, 0) is 0 Å². The fourth-order valence-corrected chi connectivity index (χ4v) is 3.76. The quantitative estimate of drug-likeness (QED) is 0.678. The van der Waals surface area contributed by atoms with Crippen LogP contribution in [0.15, 0.2) is 12.1 Å². The average Bonchev–Trinajstić information content (AvgIpc) is 3.20. The molecule has 3 rings (SSSR count). The standard InChI is InChI=1S/C17H22FN3O3/c1-11-15(18)8-12(9-16(11)21(23)24)17(22)19-13-6-7-20(10-13)14-4-2-3-5-14/h8-9,13-14H,2-7,10H2,1H3,(H,19,22). The maximum absolute atomic E-state index is 13.8. The Morgan fingerprint density at radius 1 is 1.33 bits per heavy atom. The monoisotopic (exact) mass is 335 g/mol. The minimum Gasteiger partial charge on any atom is -0.348 e. The number of halogens is 1. The molecule has 1 aliphatic heterocycles. The average molecular weight is 335 g/mol. The Bertz CT molecular complexity index is 659. The van der Waals surface area contributed by atoms with Crippen molar-refractivity contribution in [2.24, 2.45) is 0 Å². The van der Waals surface area contributed by atoms with Crippen molar-refractivity contribution < 1.29 is 14.1 Å². The molecule has 7 heteroatoms. The van der Waals surface area contributed by atoms with E-state index in [0.717, 1.165) is 31.6 Å². The lowest BCUT2D eigenvalue weighted by Crippen LogP contribution is -2.39. The third-order valence-electron chi connectivity index (χ3n) is 5.17. The minimum absolute atomic E-state index is 0.00381. The molecular weight excluding hydrogens is 313 g/mol. The Morgan fingerprint density at radius 2 is 2.04 bits per heavy atom. The number of nitro benzene ring substituents is 1. The van der Waals surface area contributed by atoms with E-state index < -0.39 is 16.6 Å². The molecule has 1 aromatic carbocycles. The van der Waals surface area contributed by atoms with Gasteiger partial charge < -0.3 is 5.32 Å². The zero-order chi connectivity index (χ0) is 17.3. The van der Waals surface area contributed by atoms with Crippen LogP contribution in [0.4, 0.5) is 10.1 Å². The first-order valence-electron chi connectivity index (χ1n) is 8.45. The van der Waals surface area contributed by atoms with Gasteiger partial charge in [-0.2, -0.15) is 0 Å². The normalized spacial score (nSPS) is 22.0. The second-order valence-electron chi connectivity index (χ2n) is 6.75. The molecule has 1 heterocycles. The molecule has 24 heavy (non-hydrogen) atoms. The number of hydrogen-bond acceptors (Lipinski definition) is 4. The van der Waals surface area contributed by atoms with Crippen molar-refractivity contribution in [1.29, 1.82) is 0 Å². The molecule has 1 saturated carbocycles. The maximum atomic E-state index is 13.8. The minimum atomic E-state index is -0.728. The van der Waals surface area contributed by atoms with E-state index >= 15 is 0 Å². The molecule has 0 spiro atoms. The molecule has 1 unspecified atom stereocenters. The summed E-state index contributed by atoms with van der Waals surface area (Å²) in [4.78, 5) is 25.1. The SMILES string of the molecule is Cc1c(F)cc(C(=O)NC2CCN(C3CCCC3)C2)cc1[N+](=O)[O-]. The first-order chi connectivity index (χ1) is 11.5. The molecule has 2 aliphatic rings. The highest BCUT2D eigenvalue weighted by atomic mass is 19.1. The van der Waals surface area contributed by atoms with Crippen LogP contribution >= 0.6 is 0 Å². The van der Waals surface area contributed by atoms with Gasteiger partial charge in [-0.3, -0.25) is 19.8 Å². The van der Waals surface area contributed by atoms with E-state index in [9.17, 15) is 19.3 Å². The number of amides is 1. The summed E-state index contributed by atoms with van der Waals surface area (Å²) in [5.74, 6) is -1.18. The largest absolute Gasteiger partial charge is 0.348 e. The third-order valence-corrected chi connectivity index (χ3v) is 5.17. The van der Waals surface area contributed by atoms with Crippen molar-refractivity contribution in [3.05, 3.63) is 39.2 Å². The van der Waals surface area contributed by atoms with Gasteiger partial charge in [0.1, 0.15) is 5.82 Å². The number of hydrogen-bond donors (Lipinski definition) is 1. The first kappa shape index (κ1) is 16.8. The lowest BCUT2D eigenvalue weighted by molar-refractivity contribution is -0.385. The Morgan fingerprint density at radius 3 is 2.71 bits per heavy atom. The van der Waals surface area contributed by atoms with Gasteiger partial charge in [0.05, 0.1) is 10.5 Å². The summed E-state index contributed by atoms with van der Waals surface area (Å²) in [6, 6.07) is 2.85. The van der Waals surface area contributed by atoms with Crippen molar-refractivity contribution in [1.82, 2.24) is 10.2 Å². The highest BCUT2D eigenvalue weighted by molar-refractivity contribution is 5.95. The number of benzene rings is 1. The van der Waals surface area contributed by atoms with Crippen LogP contribution in [0.3, 0.4) is 0 Å². The smallest absolute Gasteiger partial charge is 0.276 e. The second-order valence-corrected chi connectivity index (χ2v) is 6.75. The van der Waals surface area contributed by atoms with Gasteiger partial charge in [0.25, 0.3) is 11.6 Å². The second kappa shape index (κ2) is 6.84. The molecule has 130 valence electrons. The Labute approximate surface area is 140 Å². The molecule has 1 aliphatic carbocycles. The molecule has 0 aromatic heterocycles. The van der Waals surface area contributed by atoms with Gasteiger partial charge in [-0.25, -0.2) is 4.39 Å². The van der Waals surface area contributed by atoms with Gasteiger partial charge in [0.15, 0.2) is 0 Å². The summed E-state index contributed by atoms with van der Waals surface area (Å²) in [6.07, 6.45) is 5.83. The molecule has 1 amide bonds. The molecule has 6 nitrogen and oxygen atoms in total. The van der Waals surface area contributed by atoms with E-state index in [-0.39, 0.29) is 22.9 Å². The molecule has 1 N–H and O–H groups in total. The van der Waals surface area contributed by atoms with Crippen molar-refractivity contribution in [2.75, 3.05) is 13.1 Å². The summed E-state index contributed by atoms with van der Waals surface area (Å²) in [7, 11) is 0. The van der Waals surface area contributed by atoms with Gasteiger partial charge >= 0.3 is 0 Å². The van der Waals surface area contributed by atoms with Gasteiger partial charge in [0.2, 0.25) is 0 Å². The van der Waals surface area contributed by atoms with E-state index in [1.807, 2.05) is 0 Å². The van der Waals surface area contributed by atoms with Crippen molar-refractivity contribution in [2.45, 2.75) is 51.1 Å². The first-order valence-corrected chi connectivity index (χ1v) is 8.45. The molecule has 0 bridgehead atoms. The lowest BCUT2D eigenvalue weighted by atomic mass is 10.1. The predicted molar refractivity (Wildman–Crippen MR) is 87.5 cm³/mol. The van der Waals surface area contributed by atoms with Crippen LogP contribution in [-0.4, -0.2) is 40.9 Å². The summed E-state index contributed by atoms with van der Waals surface area (Å²) >= 11 is 0. The van der Waals surface area contributed by atoms with E-state index in [2.05, 4.69) is 10.2 Å². The molecule has 1 aromatic rings. The maximum Gasteiger partial charge on any atom is 0.276 e. The van der Waals surface area contributed by atoms with Crippen molar-refractivity contribution in [3.8, 4) is 0 Å². The Kier molecular flexibility index (Phi) is 4.80. The number of carbonyl (C=O) groups excluding carboxylic acids is 1. The number of likely N-dealkylation sites (tertiary alicyclic amines) is 1. The number of nitro groups is 1. The van der Waals surface area contributed by atoms with Crippen molar-refractivity contribution in [3.63, 3.8) is 0 Å². The fourth-order valence-electron chi connectivity index (χ4n) is 3.76. The molecule has 2 fully saturated rings. The predicted octanol–water partition coefficient (Wildman–Crippen LogP) is 2.79. The fraction of sp³-hybridized carbons (Fsp3) is 0.588. The summed E-state index contributed by atoms with van der Waals surface area (Å²) in [5.41, 5.74) is -0.409. The number of nitrogens with zero attached hydrogens (tertiary/aromatic N) is 2. The van der Waals surface area contributed by atoms with Gasteiger partial charge in [-0.15, -0.1) is 0 Å². The summed E-state index contributed by atoms with van der Waals surface area (Å²) < 4.78 is 13.8. The number of rotatable bonds is 4. The number of nitrogens with one attached hydrogen (secondary N) is 1. The topological polar surface area (TPSA) is 75.5 Å². The van der Waals surface area contributed by atoms with E-state index in [1.165, 1.54) is 32.6 Å². The third kappa shape index (κ3) is 3.40. The van der Waals surface area contributed by atoms with Crippen LogP contribution in [0.25, 0.3) is 0 Å². The summed E-state index contributed by atoms with van der Waals surface area (Å²) in [5, 5.41) is 13.9. The van der Waals surface area contributed by atoms with Crippen LogP contribution < -0.4 is 5.32 Å². The molecule has 1 saturated heterocycles. The highest BCUT2D eigenvalue weighted by Crippen LogP contribution is 2.27. The number of carbonyl (C=O) groups is 1. The van der Waals surface area contributed by atoms with Gasteiger partial charge in [0, 0.05) is 36.8 Å².